The lowest BCUT2D eigenvalue weighted by Gasteiger charge is -2.34. The Bertz CT molecular complexity index is 447. The van der Waals surface area contributed by atoms with E-state index in [0.717, 1.165) is 19.4 Å². The van der Waals surface area contributed by atoms with E-state index >= 15 is 0 Å². The molecule has 2 fully saturated rings. The third kappa shape index (κ3) is 2.35. The van der Waals surface area contributed by atoms with Crippen molar-refractivity contribution in [1.82, 2.24) is 15.2 Å². The van der Waals surface area contributed by atoms with Crippen molar-refractivity contribution in [2.24, 2.45) is 0 Å². The number of piperidine rings is 1. The van der Waals surface area contributed by atoms with E-state index in [0.29, 0.717) is 22.9 Å². The SMILES string of the molecule is Nc1nc(C(=O)NC2CCN3CCCC3C2)cs1. The molecule has 2 unspecified atom stereocenters. The van der Waals surface area contributed by atoms with Gasteiger partial charge in [-0.15, -0.1) is 11.3 Å². The molecule has 0 aromatic carbocycles. The molecule has 1 aromatic rings. The minimum Gasteiger partial charge on any atom is -0.375 e. The topological polar surface area (TPSA) is 71.2 Å². The van der Waals surface area contributed by atoms with Gasteiger partial charge in [0.25, 0.3) is 5.91 Å². The second kappa shape index (κ2) is 4.85. The normalized spacial score (nSPS) is 28.0. The fourth-order valence-corrected chi connectivity index (χ4v) is 3.55. The van der Waals surface area contributed by atoms with Crippen LogP contribution in [0.5, 0.6) is 0 Å². The molecular formula is C12H18N4OS. The Morgan fingerprint density at radius 2 is 2.39 bits per heavy atom. The molecule has 18 heavy (non-hydrogen) atoms. The van der Waals surface area contributed by atoms with Gasteiger partial charge in [-0.25, -0.2) is 4.98 Å². The number of anilines is 1. The molecule has 1 aromatic heterocycles. The zero-order chi connectivity index (χ0) is 12.5. The number of carbonyl (C=O) groups is 1. The number of thiazole rings is 1. The maximum absolute atomic E-state index is 12.0. The van der Waals surface area contributed by atoms with Crippen molar-refractivity contribution in [3.8, 4) is 0 Å². The van der Waals surface area contributed by atoms with Gasteiger partial charge in [0.2, 0.25) is 0 Å². The number of nitrogen functional groups attached to an aromatic ring is 1. The molecule has 98 valence electrons. The fourth-order valence-electron chi connectivity index (χ4n) is 3.01. The van der Waals surface area contributed by atoms with Crippen molar-refractivity contribution in [2.45, 2.75) is 37.8 Å². The maximum Gasteiger partial charge on any atom is 0.271 e. The Morgan fingerprint density at radius 3 is 3.17 bits per heavy atom. The summed E-state index contributed by atoms with van der Waals surface area (Å²) >= 11 is 1.31. The minimum absolute atomic E-state index is 0.0839. The third-order valence-electron chi connectivity index (χ3n) is 3.91. The molecule has 1 amide bonds. The van der Waals surface area contributed by atoms with Gasteiger partial charge in [0.15, 0.2) is 5.13 Å². The Morgan fingerprint density at radius 1 is 1.50 bits per heavy atom. The number of amides is 1. The number of hydrogen-bond acceptors (Lipinski definition) is 5. The highest BCUT2D eigenvalue weighted by atomic mass is 32.1. The standard InChI is InChI=1S/C12H18N4OS/c13-12-15-10(7-18-12)11(17)14-8-3-5-16-4-1-2-9(16)6-8/h7-9H,1-6H2,(H2,13,15)(H,14,17). The van der Waals surface area contributed by atoms with Crippen LogP contribution in [0.1, 0.15) is 36.2 Å². The number of rotatable bonds is 2. The zero-order valence-corrected chi connectivity index (χ0v) is 11.1. The summed E-state index contributed by atoms with van der Waals surface area (Å²) in [7, 11) is 0. The van der Waals surface area contributed by atoms with Crippen LogP contribution in [0.2, 0.25) is 0 Å². The van der Waals surface area contributed by atoms with E-state index in [1.165, 1.54) is 30.7 Å². The van der Waals surface area contributed by atoms with Crippen LogP contribution in [0.3, 0.4) is 0 Å². The number of hydrogen-bond donors (Lipinski definition) is 2. The van der Waals surface area contributed by atoms with E-state index in [2.05, 4.69) is 15.2 Å². The van der Waals surface area contributed by atoms with E-state index in [1.54, 1.807) is 5.38 Å². The van der Waals surface area contributed by atoms with Gasteiger partial charge in [0, 0.05) is 24.0 Å². The predicted octanol–water partition coefficient (Wildman–Crippen LogP) is 1.08. The lowest BCUT2D eigenvalue weighted by atomic mass is 9.97. The van der Waals surface area contributed by atoms with Gasteiger partial charge >= 0.3 is 0 Å². The average Bonchev–Trinajstić information content (AvgIpc) is 2.96. The van der Waals surface area contributed by atoms with Crippen molar-refractivity contribution in [2.75, 3.05) is 18.8 Å². The molecule has 3 rings (SSSR count). The van der Waals surface area contributed by atoms with Crippen LogP contribution in [-0.2, 0) is 0 Å². The Labute approximate surface area is 110 Å². The van der Waals surface area contributed by atoms with Gasteiger partial charge in [0.05, 0.1) is 0 Å². The Kier molecular flexibility index (Phi) is 3.22. The van der Waals surface area contributed by atoms with Crippen molar-refractivity contribution >= 4 is 22.4 Å². The molecule has 6 heteroatoms. The smallest absolute Gasteiger partial charge is 0.271 e. The molecule has 5 nitrogen and oxygen atoms in total. The Balaban J connectivity index is 1.58. The number of nitrogens with one attached hydrogen (secondary N) is 1. The van der Waals surface area contributed by atoms with Crippen LogP contribution in [0.15, 0.2) is 5.38 Å². The van der Waals surface area contributed by atoms with Crippen molar-refractivity contribution in [3.63, 3.8) is 0 Å². The third-order valence-corrected chi connectivity index (χ3v) is 4.58. The first-order chi connectivity index (χ1) is 8.72. The molecule has 0 bridgehead atoms. The molecule has 3 N–H and O–H groups in total. The van der Waals surface area contributed by atoms with Gasteiger partial charge in [-0.1, -0.05) is 0 Å². The second-order valence-electron chi connectivity index (χ2n) is 5.10. The molecule has 0 spiro atoms. The lowest BCUT2D eigenvalue weighted by molar-refractivity contribution is 0.0892. The molecule has 2 aliphatic heterocycles. The van der Waals surface area contributed by atoms with Gasteiger partial charge in [-0.05, 0) is 32.2 Å². The monoisotopic (exact) mass is 266 g/mol. The van der Waals surface area contributed by atoms with Crippen molar-refractivity contribution in [1.29, 1.82) is 0 Å². The van der Waals surface area contributed by atoms with E-state index in [1.807, 2.05) is 0 Å². The molecule has 2 aliphatic rings. The first-order valence-electron chi connectivity index (χ1n) is 6.48. The summed E-state index contributed by atoms with van der Waals surface area (Å²) in [4.78, 5) is 18.5. The van der Waals surface area contributed by atoms with Crippen LogP contribution in [-0.4, -0.2) is 41.0 Å². The highest BCUT2D eigenvalue weighted by molar-refractivity contribution is 7.13. The summed E-state index contributed by atoms with van der Waals surface area (Å²) < 4.78 is 0. The summed E-state index contributed by atoms with van der Waals surface area (Å²) in [6.07, 6.45) is 4.69. The van der Waals surface area contributed by atoms with Crippen molar-refractivity contribution < 1.29 is 4.79 Å². The first-order valence-corrected chi connectivity index (χ1v) is 7.36. The second-order valence-corrected chi connectivity index (χ2v) is 5.99. The van der Waals surface area contributed by atoms with Crippen LogP contribution in [0.25, 0.3) is 0 Å². The quantitative estimate of drug-likeness (QED) is 0.840. The number of fused-ring (bicyclic) bond motifs is 1. The summed E-state index contributed by atoms with van der Waals surface area (Å²) in [5, 5.41) is 5.25. The number of nitrogens with two attached hydrogens (primary N) is 1. The number of nitrogens with zero attached hydrogens (tertiary/aromatic N) is 2. The van der Waals surface area contributed by atoms with E-state index < -0.39 is 0 Å². The molecule has 2 atom stereocenters. The molecule has 2 saturated heterocycles. The van der Waals surface area contributed by atoms with Crippen LogP contribution < -0.4 is 11.1 Å². The molecule has 0 aliphatic carbocycles. The zero-order valence-electron chi connectivity index (χ0n) is 10.3. The van der Waals surface area contributed by atoms with Gasteiger partial charge in [-0.3, -0.25) is 4.79 Å². The van der Waals surface area contributed by atoms with Crippen molar-refractivity contribution in [3.05, 3.63) is 11.1 Å². The average molecular weight is 266 g/mol. The molecule has 0 saturated carbocycles. The molecular weight excluding hydrogens is 248 g/mol. The molecule has 3 heterocycles. The minimum atomic E-state index is -0.0839. The van der Waals surface area contributed by atoms with Gasteiger partial charge in [-0.2, -0.15) is 0 Å². The van der Waals surface area contributed by atoms with Gasteiger partial charge < -0.3 is 16.0 Å². The first kappa shape index (κ1) is 11.9. The largest absolute Gasteiger partial charge is 0.375 e. The summed E-state index contributed by atoms with van der Waals surface area (Å²) in [5.74, 6) is -0.0839. The number of aromatic nitrogens is 1. The summed E-state index contributed by atoms with van der Waals surface area (Å²) in [6.45, 7) is 2.34. The highest BCUT2D eigenvalue weighted by Gasteiger charge is 2.32. The highest BCUT2D eigenvalue weighted by Crippen LogP contribution is 2.27. The maximum atomic E-state index is 12.0. The Hall–Kier alpha value is -1.14. The van der Waals surface area contributed by atoms with Crippen LogP contribution in [0, 0.1) is 0 Å². The fraction of sp³-hybridized carbons (Fsp3) is 0.667. The summed E-state index contributed by atoms with van der Waals surface area (Å²) in [6, 6.07) is 0.962. The predicted molar refractivity (Wildman–Crippen MR) is 71.6 cm³/mol. The van der Waals surface area contributed by atoms with Crippen LogP contribution >= 0.6 is 11.3 Å². The van der Waals surface area contributed by atoms with E-state index in [-0.39, 0.29) is 5.91 Å². The molecule has 0 radical (unpaired) electrons. The van der Waals surface area contributed by atoms with Gasteiger partial charge in [0.1, 0.15) is 5.69 Å². The van der Waals surface area contributed by atoms with E-state index in [4.69, 9.17) is 5.73 Å². The number of carbonyl (C=O) groups excluding carboxylic acids is 1. The lowest BCUT2D eigenvalue weighted by Crippen LogP contribution is -2.47. The van der Waals surface area contributed by atoms with E-state index in [9.17, 15) is 4.79 Å². The summed E-state index contributed by atoms with van der Waals surface area (Å²) in [5.41, 5.74) is 5.99. The van der Waals surface area contributed by atoms with Crippen LogP contribution in [0.4, 0.5) is 5.13 Å².